The van der Waals surface area contributed by atoms with Crippen molar-refractivity contribution in [3.8, 4) is 0 Å². The molecule has 1 aromatic heterocycles. The first-order chi connectivity index (χ1) is 10.3. The molecular formula is C18H15BrN2. The lowest BCUT2D eigenvalue weighted by Gasteiger charge is -2.21. The Kier molecular flexibility index (Phi) is 4.31. The van der Waals surface area contributed by atoms with Gasteiger partial charge in [-0.2, -0.15) is 0 Å². The maximum absolute atomic E-state index is 4.22. The molecule has 1 N–H and O–H groups in total. The number of hydrogen-bond donors (Lipinski definition) is 1. The van der Waals surface area contributed by atoms with Gasteiger partial charge in [0.25, 0.3) is 0 Å². The second kappa shape index (κ2) is 6.55. The predicted molar refractivity (Wildman–Crippen MR) is 90.3 cm³/mol. The van der Waals surface area contributed by atoms with Gasteiger partial charge in [0.2, 0.25) is 0 Å². The van der Waals surface area contributed by atoms with E-state index in [9.17, 15) is 0 Å². The van der Waals surface area contributed by atoms with Crippen molar-refractivity contribution >= 4 is 21.6 Å². The highest BCUT2D eigenvalue weighted by molar-refractivity contribution is 9.10. The number of halogens is 1. The fourth-order valence-electron chi connectivity index (χ4n) is 2.31. The Morgan fingerprint density at radius 2 is 1.38 bits per heavy atom. The molecule has 0 saturated heterocycles. The highest BCUT2D eigenvalue weighted by Gasteiger charge is 2.13. The largest absolute Gasteiger partial charge is 0.373 e. The minimum Gasteiger partial charge on any atom is -0.373 e. The molecular weight excluding hydrogens is 324 g/mol. The normalized spacial score (nSPS) is 10.6. The molecule has 1 heterocycles. The smallest absolute Gasteiger partial charge is 0.0768 e. The summed E-state index contributed by atoms with van der Waals surface area (Å²) in [5, 5.41) is 3.56. The first kappa shape index (κ1) is 13.8. The zero-order valence-corrected chi connectivity index (χ0v) is 13.0. The van der Waals surface area contributed by atoms with E-state index in [0.717, 1.165) is 10.2 Å². The Labute approximate surface area is 133 Å². The van der Waals surface area contributed by atoms with E-state index in [-0.39, 0.29) is 6.04 Å². The highest BCUT2D eigenvalue weighted by Crippen LogP contribution is 2.27. The summed E-state index contributed by atoms with van der Waals surface area (Å²) < 4.78 is 0.965. The summed E-state index contributed by atoms with van der Waals surface area (Å²) in [6, 6.07) is 23.0. The Balaban J connectivity index is 1.97. The second-order valence-corrected chi connectivity index (χ2v) is 5.71. The van der Waals surface area contributed by atoms with E-state index < -0.39 is 0 Å². The standard InChI is InChI=1S/C18H15BrN2/c19-16-11-17(13-20-12-16)21-18(14-7-3-1-4-8-14)15-9-5-2-6-10-15/h1-13,18,21H. The van der Waals surface area contributed by atoms with Crippen molar-refractivity contribution in [2.45, 2.75) is 6.04 Å². The molecule has 21 heavy (non-hydrogen) atoms. The predicted octanol–water partition coefficient (Wildman–Crippen LogP) is 5.05. The summed E-state index contributed by atoms with van der Waals surface area (Å²) in [6.45, 7) is 0. The number of anilines is 1. The number of nitrogens with zero attached hydrogens (tertiary/aromatic N) is 1. The van der Waals surface area contributed by atoms with Gasteiger partial charge in [-0.05, 0) is 33.1 Å². The Hall–Kier alpha value is -2.13. The fourth-order valence-corrected chi connectivity index (χ4v) is 2.67. The average molecular weight is 339 g/mol. The van der Waals surface area contributed by atoms with Crippen LogP contribution in [0.25, 0.3) is 0 Å². The van der Waals surface area contributed by atoms with Crippen LogP contribution in [0.3, 0.4) is 0 Å². The SMILES string of the molecule is Brc1cncc(NC(c2ccccc2)c2ccccc2)c1. The maximum atomic E-state index is 4.22. The van der Waals surface area contributed by atoms with Gasteiger partial charge in [-0.1, -0.05) is 60.7 Å². The highest BCUT2D eigenvalue weighted by atomic mass is 79.9. The summed E-state index contributed by atoms with van der Waals surface area (Å²) in [7, 11) is 0. The third kappa shape index (κ3) is 3.50. The van der Waals surface area contributed by atoms with E-state index >= 15 is 0 Å². The molecule has 0 atom stereocenters. The Morgan fingerprint density at radius 3 is 1.90 bits per heavy atom. The number of benzene rings is 2. The van der Waals surface area contributed by atoms with E-state index in [0.29, 0.717) is 0 Å². The third-order valence-electron chi connectivity index (χ3n) is 3.28. The number of nitrogens with one attached hydrogen (secondary N) is 1. The van der Waals surface area contributed by atoms with Gasteiger partial charge in [-0.25, -0.2) is 0 Å². The molecule has 2 aromatic carbocycles. The number of aromatic nitrogens is 1. The van der Waals surface area contributed by atoms with Gasteiger partial charge in [-0.15, -0.1) is 0 Å². The van der Waals surface area contributed by atoms with Gasteiger partial charge < -0.3 is 5.32 Å². The second-order valence-electron chi connectivity index (χ2n) is 4.79. The molecule has 0 aliphatic carbocycles. The van der Waals surface area contributed by atoms with E-state index in [4.69, 9.17) is 0 Å². The van der Waals surface area contributed by atoms with Crippen LogP contribution in [-0.2, 0) is 0 Å². The van der Waals surface area contributed by atoms with Crippen molar-refractivity contribution in [3.63, 3.8) is 0 Å². The first-order valence-corrected chi connectivity index (χ1v) is 7.59. The van der Waals surface area contributed by atoms with Gasteiger partial charge in [0.15, 0.2) is 0 Å². The van der Waals surface area contributed by atoms with Crippen LogP contribution in [-0.4, -0.2) is 4.98 Å². The van der Waals surface area contributed by atoms with Crippen molar-refractivity contribution in [1.82, 2.24) is 4.98 Å². The molecule has 0 aliphatic heterocycles. The lowest BCUT2D eigenvalue weighted by Crippen LogP contribution is -2.12. The van der Waals surface area contributed by atoms with E-state index in [1.54, 1.807) is 6.20 Å². The zero-order chi connectivity index (χ0) is 14.5. The monoisotopic (exact) mass is 338 g/mol. The molecule has 0 radical (unpaired) electrons. The summed E-state index contributed by atoms with van der Waals surface area (Å²) >= 11 is 3.46. The molecule has 3 heteroatoms. The first-order valence-electron chi connectivity index (χ1n) is 6.80. The maximum Gasteiger partial charge on any atom is 0.0768 e. The van der Waals surface area contributed by atoms with Crippen LogP contribution >= 0.6 is 15.9 Å². The van der Waals surface area contributed by atoms with Gasteiger partial charge in [0.05, 0.1) is 17.9 Å². The minimum absolute atomic E-state index is 0.100. The van der Waals surface area contributed by atoms with Crippen LogP contribution in [0.5, 0.6) is 0 Å². The summed E-state index contributed by atoms with van der Waals surface area (Å²) in [6.07, 6.45) is 3.62. The average Bonchev–Trinajstić information content (AvgIpc) is 2.54. The van der Waals surface area contributed by atoms with E-state index in [2.05, 4.69) is 74.8 Å². The molecule has 0 saturated carbocycles. The quantitative estimate of drug-likeness (QED) is 0.720. The van der Waals surface area contributed by atoms with Gasteiger partial charge in [0, 0.05) is 10.7 Å². The number of hydrogen-bond acceptors (Lipinski definition) is 2. The molecule has 2 nitrogen and oxygen atoms in total. The van der Waals surface area contributed by atoms with Crippen molar-refractivity contribution in [1.29, 1.82) is 0 Å². The number of rotatable bonds is 4. The lowest BCUT2D eigenvalue weighted by molar-refractivity contribution is 0.936. The van der Waals surface area contributed by atoms with Gasteiger partial charge in [0.1, 0.15) is 0 Å². The topological polar surface area (TPSA) is 24.9 Å². The Morgan fingerprint density at radius 1 is 0.810 bits per heavy atom. The van der Waals surface area contributed by atoms with Crippen molar-refractivity contribution < 1.29 is 0 Å². The fraction of sp³-hybridized carbons (Fsp3) is 0.0556. The summed E-state index contributed by atoms with van der Waals surface area (Å²) in [5.74, 6) is 0. The third-order valence-corrected chi connectivity index (χ3v) is 3.72. The van der Waals surface area contributed by atoms with Crippen LogP contribution in [0.15, 0.2) is 83.6 Å². The zero-order valence-electron chi connectivity index (χ0n) is 11.4. The van der Waals surface area contributed by atoms with Crippen molar-refractivity contribution in [2.75, 3.05) is 5.32 Å². The van der Waals surface area contributed by atoms with E-state index in [1.807, 2.05) is 24.4 Å². The van der Waals surface area contributed by atoms with Gasteiger partial charge in [-0.3, -0.25) is 4.98 Å². The molecule has 3 aromatic rings. The minimum atomic E-state index is 0.100. The van der Waals surface area contributed by atoms with Crippen LogP contribution in [0.2, 0.25) is 0 Å². The van der Waals surface area contributed by atoms with Crippen molar-refractivity contribution in [2.24, 2.45) is 0 Å². The molecule has 104 valence electrons. The van der Waals surface area contributed by atoms with Gasteiger partial charge >= 0.3 is 0 Å². The van der Waals surface area contributed by atoms with Crippen LogP contribution in [0.4, 0.5) is 5.69 Å². The molecule has 0 unspecified atom stereocenters. The molecule has 0 amide bonds. The molecule has 3 rings (SSSR count). The summed E-state index contributed by atoms with van der Waals surface area (Å²) in [4.78, 5) is 4.22. The molecule has 0 bridgehead atoms. The molecule has 0 spiro atoms. The van der Waals surface area contributed by atoms with Crippen LogP contribution in [0, 0.1) is 0 Å². The Bertz CT molecular complexity index is 659. The van der Waals surface area contributed by atoms with E-state index in [1.165, 1.54) is 11.1 Å². The molecule has 0 aliphatic rings. The van der Waals surface area contributed by atoms with Crippen LogP contribution < -0.4 is 5.32 Å². The number of pyridine rings is 1. The van der Waals surface area contributed by atoms with Crippen molar-refractivity contribution in [3.05, 3.63) is 94.7 Å². The van der Waals surface area contributed by atoms with Crippen LogP contribution in [0.1, 0.15) is 17.2 Å². The summed E-state index contributed by atoms with van der Waals surface area (Å²) in [5.41, 5.74) is 3.44. The molecule has 0 fully saturated rings. The lowest BCUT2D eigenvalue weighted by atomic mass is 9.98.